The maximum atomic E-state index is 14.3. The van der Waals surface area contributed by atoms with Crippen molar-refractivity contribution < 1.29 is 23.2 Å². The van der Waals surface area contributed by atoms with Gasteiger partial charge in [-0.25, -0.2) is 4.39 Å². The normalized spacial score (nSPS) is 10.7. The first-order valence-corrected chi connectivity index (χ1v) is 9.87. The van der Waals surface area contributed by atoms with Crippen molar-refractivity contribution in [3.63, 3.8) is 0 Å². The van der Waals surface area contributed by atoms with E-state index in [4.69, 9.17) is 32.5 Å². The molecule has 1 heterocycles. The Bertz CT molecular complexity index is 1110. The van der Waals surface area contributed by atoms with Crippen LogP contribution in [0.4, 0.5) is 10.1 Å². The number of halogens is 3. The summed E-state index contributed by atoms with van der Waals surface area (Å²) in [6, 6.07) is 8.58. The van der Waals surface area contributed by atoms with Crippen LogP contribution in [0.2, 0.25) is 10.0 Å². The summed E-state index contributed by atoms with van der Waals surface area (Å²) in [6.45, 7) is 2.23. The Hall–Kier alpha value is -2.94. The molecular formula is C21H18Cl2FN3O4. The SMILES string of the molecule is COCCNC(=O)c1ccc(NC(=O)c2c(-c3c(F)cccc3Cl)noc2C)cc1Cl. The van der Waals surface area contributed by atoms with Crippen molar-refractivity contribution in [2.45, 2.75) is 6.92 Å². The Morgan fingerprint density at radius 1 is 1.16 bits per heavy atom. The molecule has 7 nitrogen and oxygen atoms in total. The Morgan fingerprint density at radius 3 is 2.61 bits per heavy atom. The van der Waals surface area contributed by atoms with Crippen molar-refractivity contribution in [1.29, 1.82) is 0 Å². The highest BCUT2D eigenvalue weighted by Crippen LogP contribution is 2.34. The van der Waals surface area contributed by atoms with Crippen LogP contribution in [0, 0.1) is 12.7 Å². The van der Waals surface area contributed by atoms with Gasteiger partial charge >= 0.3 is 0 Å². The number of carbonyl (C=O) groups is 2. The largest absolute Gasteiger partial charge is 0.383 e. The van der Waals surface area contributed by atoms with Crippen molar-refractivity contribution in [3.05, 3.63) is 69.1 Å². The molecule has 2 aromatic carbocycles. The minimum absolute atomic E-state index is 0.0154. The second kappa shape index (κ2) is 9.91. The Morgan fingerprint density at radius 2 is 1.94 bits per heavy atom. The molecule has 2 N–H and O–H groups in total. The van der Waals surface area contributed by atoms with E-state index in [1.54, 1.807) is 0 Å². The highest BCUT2D eigenvalue weighted by Gasteiger charge is 2.25. The minimum Gasteiger partial charge on any atom is -0.383 e. The Labute approximate surface area is 187 Å². The molecule has 162 valence electrons. The van der Waals surface area contributed by atoms with Crippen molar-refractivity contribution in [2.75, 3.05) is 25.6 Å². The van der Waals surface area contributed by atoms with E-state index in [9.17, 15) is 14.0 Å². The van der Waals surface area contributed by atoms with Crippen LogP contribution < -0.4 is 10.6 Å². The second-order valence-electron chi connectivity index (χ2n) is 6.46. The van der Waals surface area contributed by atoms with Crippen molar-refractivity contribution >= 4 is 40.7 Å². The number of nitrogens with zero attached hydrogens (tertiary/aromatic N) is 1. The van der Waals surface area contributed by atoms with E-state index in [2.05, 4.69) is 15.8 Å². The van der Waals surface area contributed by atoms with Crippen LogP contribution in [0.5, 0.6) is 0 Å². The Kier molecular flexibility index (Phi) is 7.27. The lowest BCUT2D eigenvalue weighted by Crippen LogP contribution is -2.27. The van der Waals surface area contributed by atoms with E-state index in [1.807, 2.05) is 0 Å². The highest BCUT2D eigenvalue weighted by molar-refractivity contribution is 6.34. The average Bonchev–Trinajstić information content (AvgIpc) is 3.09. The first-order chi connectivity index (χ1) is 14.8. The van der Waals surface area contributed by atoms with E-state index in [-0.39, 0.29) is 44.1 Å². The van der Waals surface area contributed by atoms with Gasteiger partial charge in [0.1, 0.15) is 22.8 Å². The molecule has 0 atom stereocenters. The number of aromatic nitrogens is 1. The fourth-order valence-electron chi connectivity index (χ4n) is 2.87. The lowest BCUT2D eigenvalue weighted by molar-refractivity contribution is 0.0936. The fraction of sp³-hybridized carbons (Fsp3) is 0.190. The van der Waals surface area contributed by atoms with E-state index in [0.29, 0.717) is 18.8 Å². The van der Waals surface area contributed by atoms with Gasteiger partial charge in [-0.2, -0.15) is 0 Å². The van der Waals surface area contributed by atoms with Gasteiger partial charge in [0.25, 0.3) is 11.8 Å². The fourth-order valence-corrected chi connectivity index (χ4v) is 3.39. The van der Waals surface area contributed by atoms with Crippen LogP contribution >= 0.6 is 23.2 Å². The third kappa shape index (κ3) is 5.04. The lowest BCUT2D eigenvalue weighted by Gasteiger charge is -2.10. The number of nitrogens with one attached hydrogen (secondary N) is 2. The summed E-state index contributed by atoms with van der Waals surface area (Å²) >= 11 is 12.3. The summed E-state index contributed by atoms with van der Waals surface area (Å²) in [4.78, 5) is 25.1. The third-order valence-electron chi connectivity index (χ3n) is 4.35. The second-order valence-corrected chi connectivity index (χ2v) is 7.27. The number of hydrogen-bond donors (Lipinski definition) is 2. The van der Waals surface area contributed by atoms with Gasteiger partial charge in [0.2, 0.25) is 0 Å². The molecule has 10 heteroatoms. The van der Waals surface area contributed by atoms with Crippen LogP contribution in [-0.2, 0) is 4.74 Å². The number of hydrogen-bond acceptors (Lipinski definition) is 5. The average molecular weight is 466 g/mol. The van der Waals surface area contributed by atoms with Crippen molar-refractivity contribution in [1.82, 2.24) is 10.5 Å². The zero-order valence-corrected chi connectivity index (χ0v) is 18.1. The minimum atomic E-state index is -0.637. The van der Waals surface area contributed by atoms with Crippen LogP contribution in [0.25, 0.3) is 11.3 Å². The molecule has 0 unspecified atom stereocenters. The van der Waals surface area contributed by atoms with Crippen molar-refractivity contribution in [3.8, 4) is 11.3 Å². The molecule has 3 aromatic rings. The summed E-state index contributed by atoms with van der Waals surface area (Å²) in [6.07, 6.45) is 0. The van der Waals surface area contributed by atoms with E-state index >= 15 is 0 Å². The first kappa shape index (κ1) is 22.7. The number of carbonyl (C=O) groups excluding carboxylic acids is 2. The van der Waals surface area contributed by atoms with E-state index in [1.165, 1.54) is 50.4 Å². The van der Waals surface area contributed by atoms with Crippen LogP contribution in [0.1, 0.15) is 26.5 Å². The van der Waals surface area contributed by atoms with Crippen LogP contribution in [-0.4, -0.2) is 37.2 Å². The van der Waals surface area contributed by atoms with Gasteiger partial charge < -0.3 is 19.9 Å². The molecule has 1 aromatic heterocycles. The summed E-state index contributed by atoms with van der Waals surface area (Å²) in [5, 5.41) is 9.36. The topological polar surface area (TPSA) is 93.5 Å². The third-order valence-corrected chi connectivity index (χ3v) is 4.98. The number of benzene rings is 2. The molecular weight excluding hydrogens is 448 g/mol. The summed E-state index contributed by atoms with van der Waals surface area (Å²) in [7, 11) is 1.53. The number of anilines is 1. The molecule has 0 radical (unpaired) electrons. The van der Waals surface area contributed by atoms with Crippen LogP contribution in [0.3, 0.4) is 0 Å². The predicted octanol–water partition coefficient (Wildman–Crippen LogP) is 4.72. The predicted molar refractivity (Wildman–Crippen MR) is 115 cm³/mol. The highest BCUT2D eigenvalue weighted by atomic mass is 35.5. The maximum absolute atomic E-state index is 14.3. The summed E-state index contributed by atoms with van der Waals surface area (Å²) < 4.78 is 24.3. The summed E-state index contributed by atoms with van der Waals surface area (Å²) in [5.41, 5.74) is 0.556. The summed E-state index contributed by atoms with van der Waals surface area (Å²) in [5.74, 6) is -1.42. The molecule has 31 heavy (non-hydrogen) atoms. The molecule has 3 rings (SSSR count). The number of rotatable bonds is 7. The quantitative estimate of drug-likeness (QED) is 0.492. The number of ether oxygens (including phenoxy) is 1. The zero-order valence-electron chi connectivity index (χ0n) is 16.6. The first-order valence-electron chi connectivity index (χ1n) is 9.12. The molecule has 0 fully saturated rings. The van der Waals surface area contributed by atoms with Crippen LogP contribution in [0.15, 0.2) is 40.9 Å². The molecule has 0 aliphatic carbocycles. The molecule has 0 aliphatic heterocycles. The van der Waals surface area contributed by atoms with Gasteiger partial charge in [-0.1, -0.05) is 34.4 Å². The van der Waals surface area contributed by atoms with E-state index < -0.39 is 11.7 Å². The van der Waals surface area contributed by atoms with Gasteiger partial charge in [-0.05, 0) is 37.3 Å². The molecule has 0 bridgehead atoms. The monoisotopic (exact) mass is 465 g/mol. The van der Waals surface area contributed by atoms with Gasteiger partial charge in [-0.3, -0.25) is 9.59 Å². The zero-order chi connectivity index (χ0) is 22.5. The number of methoxy groups -OCH3 is 1. The molecule has 0 saturated heterocycles. The van der Waals surface area contributed by atoms with Gasteiger partial charge in [0.15, 0.2) is 0 Å². The Balaban J connectivity index is 1.84. The van der Waals surface area contributed by atoms with E-state index in [0.717, 1.165) is 0 Å². The van der Waals surface area contributed by atoms with Gasteiger partial charge in [-0.15, -0.1) is 0 Å². The van der Waals surface area contributed by atoms with Gasteiger partial charge in [0.05, 0.1) is 27.8 Å². The smallest absolute Gasteiger partial charge is 0.261 e. The maximum Gasteiger partial charge on any atom is 0.261 e. The molecule has 0 saturated carbocycles. The van der Waals surface area contributed by atoms with Gasteiger partial charge in [0, 0.05) is 19.3 Å². The molecule has 2 amide bonds. The standard InChI is InChI=1S/C21H18Cl2FN3O4/c1-11-17(19(27-31-11)18-14(22)4-3-5-16(18)24)21(29)26-12-6-7-13(15(23)10-12)20(28)25-8-9-30-2/h3-7,10H,8-9H2,1-2H3,(H,25,28)(H,26,29). The lowest BCUT2D eigenvalue weighted by atomic mass is 10.0. The van der Waals surface area contributed by atoms with Crippen molar-refractivity contribution in [2.24, 2.45) is 0 Å². The molecule has 0 aliphatic rings. The molecule has 0 spiro atoms. The number of aryl methyl sites for hydroxylation is 1. The number of amides is 2.